The van der Waals surface area contributed by atoms with E-state index < -0.39 is 0 Å². The van der Waals surface area contributed by atoms with E-state index in [9.17, 15) is 4.79 Å². The van der Waals surface area contributed by atoms with E-state index in [2.05, 4.69) is 33.0 Å². The molecule has 1 rings (SSSR count). The van der Waals surface area contributed by atoms with Crippen molar-refractivity contribution in [2.24, 2.45) is 17.3 Å². The molecule has 1 N–H and O–H groups in total. The van der Waals surface area contributed by atoms with E-state index in [-0.39, 0.29) is 11.9 Å². The van der Waals surface area contributed by atoms with Crippen molar-refractivity contribution in [1.82, 2.24) is 5.32 Å². The van der Waals surface area contributed by atoms with Gasteiger partial charge in [-0.25, -0.2) is 0 Å². The molecule has 0 spiro atoms. The molecule has 0 heterocycles. The summed E-state index contributed by atoms with van der Waals surface area (Å²) in [5.41, 5.74) is 0.336. The lowest BCUT2D eigenvalue weighted by Crippen LogP contribution is -2.40. The number of hydrogen-bond acceptors (Lipinski definition) is 3. The molecule has 0 saturated heterocycles. The van der Waals surface area contributed by atoms with Crippen LogP contribution in [0, 0.1) is 17.3 Å². The third-order valence-electron chi connectivity index (χ3n) is 4.49. The Labute approximate surface area is 118 Å². The zero-order valence-corrected chi connectivity index (χ0v) is 13.3. The molecule has 1 fully saturated rings. The van der Waals surface area contributed by atoms with Gasteiger partial charge in [0.05, 0.1) is 12.5 Å². The Balaban J connectivity index is 2.37. The molecular weight excluding hydrogens is 238 g/mol. The summed E-state index contributed by atoms with van der Waals surface area (Å²) in [7, 11) is 0. The monoisotopic (exact) mass is 269 g/mol. The van der Waals surface area contributed by atoms with Gasteiger partial charge >= 0.3 is 5.97 Å². The molecule has 1 aliphatic rings. The SMILES string of the molecule is CCOC(=O)C1CCCC(NCC(C)C(C)(C)C)C1. The summed E-state index contributed by atoms with van der Waals surface area (Å²) < 4.78 is 5.14. The molecule has 3 heteroatoms. The van der Waals surface area contributed by atoms with E-state index in [4.69, 9.17) is 4.74 Å². The van der Waals surface area contributed by atoms with Crippen molar-refractivity contribution in [1.29, 1.82) is 0 Å². The molecule has 0 aliphatic heterocycles. The highest BCUT2D eigenvalue weighted by atomic mass is 16.5. The Bertz CT molecular complexity index is 283. The maximum absolute atomic E-state index is 11.8. The Kier molecular flexibility index (Phi) is 6.31. The zero-order valence-electron chi connectivity index (χ0n) is 13.3. The van der Waals surface area contributed by atoms with E-state index in [1.807, 2.05) is 6.92 Å². The molecule has 1 saturated carbocycles. The molecule has 3 nitrogen and oxygen atoms in total. The second-order valence-corrected chi connectivity index (χ2v) is 6.99. The fourth-order valence-electron chi connectivity index (χ4n) is 2.50. The van der Waals surface area contributed by atoms with Crippen LogP contribution in [-0.2, 0) is 9.53 Å². The number of esters is 1. The highest BCUT2D eigenvalue weighted by molar-refractivity contribution is 5.72. The number of carbonyl (C=O) groups excluding carboxylic acids is 1. The molecule has 0 radical (unpaired) electrons. The van der Waals surface area contributed by atoms with Crippen molar-refractivity contribution < 1.29 is 9.53 Å². The van der Waals surface area contributed by atoms with E-state index in [1.165, 1.54) is 6.42 Å². The number of rotatable bonds is 5. The van der Waals surface area contributed by atoms with Gasteiger partial charge in [-0.15, -0.1) is 0 Å². The van der Waals surface area contributed by atoms with Crippen LogP contribution in [-0.4, -0.2) is 25.2 Å². The summed E-state index contributed by atoms with van der Waals surface area (Å²) in [6.45, 7) is 12.5. The van der Waals surface area contributed by atoms with Crippen molar-refractivity contribution in [3.8, 4) is 0 Å². The summed E-state index contributed by atoms with van der Waals surface area (Å²) in [4.78, 5) is 11.8. The smallest absolute Gasteiger partial charge is 0.308 e. The van der Waals surface area contributed by atoms with Gasteiger partial charge in [-0.3, -0.25) is 4.79 Å². The van der Waals surface area contributed by atoms with Gasteiger partial charge in [-0.05, 0) is 44.1 Å². The minimum atomic E-state index is -0.00197. The molecular formula is C16H31NO2. The van der Waals surface area contributed by atoms with E-state index in [0.29, 0.717) is 24.0 Å². The summed E-state index contributed by atoms with van der Waals surface area (Å²) in [6.07, 6.45) is 4.25. The van der Waals surface area contributed by atoms with E-state index in [1.54, 1.807) is 0 Å². The zero-order chi connectivity index (χ0) is 14.5. The number of nitrogens with one attached hydrogen (secondary N) is 1. The molecule has 3 unspecified atom stereocenters. The third kappa shape index (κ3) is 5.52. The normalized spacial score (nSPS) is 25.9. The molecule has 19 heavy (non-hydrogen) atoms. The fraction of sp³-hybridized carbons (Fsp3) is 0.938. The highest BCUT2D eigenvalue weighted by Crippen LogP contribution is 2.28. The van der Waals surface area contributed by atoms with E-state index in [0.717, 1.165) is 25.8 Å². The molecule has 0 amide bonds. The maximum Gasteiger partial charge on any atom is 0.308 e. The van der Waals surface area contributed by atoms with Gasteiger partial charge in [0, 0.05) is 6.04 Å². The number of ether oxygens (including phenoxy) is 1. The van der Waals surface area contributed by atoms with Crippen molar-refractivity contribution in [2.75, 3.05) is 13.2 Å². The minimum Gasteiger partial charge on any atom is -0.466 e. The highest BCUT2D eigenvalue weighted by Gasteiger charge is 2.29. The first-order valence-corrected chi connectivity index (χ1v) is 7.74. The lowest BCUT2D eigenvalue weighted by Gasteiger charge is -2.32. The van der Waals surface area contributed by atoms with Gasteiger partial charge in [-0.2, -0.15) is 0 Å². The van der Waals surface area contributed by atoms with Crippen LogP contribution in [0.3, 0.4) is 0 Å². The topological polar surface area (TPSA) is 38.3 Å². The van der Waals surface area contributed by atoms with Crippen LogP contribution < -0.4 is 5.32 Å². The molecule has 1 aliphatic carbocycles. The Morgan fingerprint density at radius 3 is 2.63 bits per heavy atom. The average molecular weight is 269 g/mol. The van der Waals surface area contributed by atoms with Gasteiger partial charge in [0.15, 0.2) is 0 Å². The Morgan fingerprint density at radius 1 is 1.37 bits per heavy atom. The van der Waals surface area contributed by atoms with E-state index >= 15 is 0 Å². The van der Waals surface area contributed by atoms with Gasteiger partial charge in [0.2, 0.25) is 0 Å². The Morgan fingerprint density at radius 2 is 2.05 bits per heavy atom. The number of hydrogen-bond donors (Lipinski definition) is 1. The lowest BCUT2D eigenvalue weighted by molar-refractivity contribution is -0.149. The van der Waals surface area contributed by atoms with Crippen molar-refractivity contribution in [2.45, 2.75) is 66.3 Å². The van der Waals surface area contributed by atoms with Gasteiger partial charge < -0.3 is 10.1 Å². The number of carbonyl (C=O) groups is 1. The van der Waals surface area contributed by atoms with Crippen LogP contribution >= 0.6 is 0 Å². The van der Waals surface area contributed by atoms with Crippen molar-refractivity contribution >= 4 is 5.97 Å². The van der Waals surface area contributed by atoms with Crippen LogP contribution in [0.25, 0.3) is 0 Å². The third-order valence-corrected chi connectivity index (χ3v) is 4.49. The lowest BCUT2D eigenvalue weighted by atomic mass is 9.81. The van der Waals surface area contributed by atoms with Crippen LogP contribution in [0.15, 0.2) is 0 Å². The van der Waals surface area contributed by atoms with Crippen LogP contribution in [0.1, 0.15) is 60.3 Å². The first kappa shape index (κ1) is 16.5. The van der Waals surface area contributed by atoms with Crippen molar-refractivity contribution in [3.63, 3.8) is 0 Å². The average Bonchev–Trinajstić information content (AvgIpc) is 2.35. The fourth-order valence-corrected chi connectivity index (χ4v) is 2.50. The van der Waals surface area contributed by atoms with Gasteiger partial charge in [-0.1, -0.05) is 34.1 Å². The standard InChI is InChI=1S/C16H31NO2/c1-6-19-15(18)13-8-7-9-14(10-13)17-11-12(2)16(3,4)5/h12-14,17H,6-11H2,1-5H3. The van der Waals surface area contributed by atoms with Crippen LogP contribution in [0.5, 0.6) is 0 Å². The van der Waals surface area contributed by atoms with Crippen LogP contribution in [0.4, 0.5) is 0 Å². The summed E-state index contributed by atoms with van der Waals surface area (Å²) >= 11 is 0. The van der Waals surface area contributed by atoms with Crippen molar-refractivity contribution in [3.05, 3.63) is 0 Å². The van der Waals surface area contributed by atoms with Gasteiger partial charge in [0.25, 0.3) is 0 Å². The largest absolute Gasteiger partial charge is 0.466 e. The predicted octanol–water partition coefficient (Wildman–Crippen LogP) is 3.38. The molecule has 3 atom stereocenters. The predicted molar refractivity (Wildman–Crippen MR) is 79.0 cm³/mol. The summed E-state index contributed by atoms with van der Waals surface area (Å²) in [6, 6.07) is 0.480. The molecule has 0 bridgehead atoms. The minimum absolute atomic E-state index is 0.00197. The second kappa shape index (κ2) is 7.28. The maximum atomic E-state index is 11.8. The first-order valence-electron chi connectivity index (χ1n) is 7.74. The summed E-state index contributed by atoms with van der Waals surface area (Å²) in [5, 5.41) is 3.65. The first-order chi connectivity index (χ1) is 8.84. The van der Waals surface area contributed by atoms with Gasteiger partial charge in [0.1, 0.15) is 0 Å². The molecule has 0 aromatic heterocycles. The summed E-state index contributed by atoms with van der Waals surface area (Å²) in [5.74, 6) is 0.740. The second-order valence-electron chi connectivity index (χ2n) is 6.99. The quantitative estimate of drug-likeness (QED) is 0.778. The molecule has 0 aromatic carbocycles. The molecule has 112 valence electrons. The van der Waals surface area contributed by atoms with Crippen LogP contribution in [0.2, 0.25) is 0 Å². The molecule has 0 aromatic rings. The Hall–Kier alpha value is -0.570.